The van der Waals surface area contributed by atoms with Crippen LogP contribution in [0.1, 0.15) is 134 Å². The number of H-pyrrole nitrogens is 1. The van der Waals surface area contributed by atoms with Gasteiger partial charge in [0.2, 0.25) is 0 Å². The Morgan fingerprint density at radius 2 is 1.24 bits per heavy atom. The van der Waals surface area contributed by atoms with Crippen LogP contribution < -0.4 is 4.57 Å². The molecule has 38 heavy (non-hydrogen) atoms. The Balaban J connectivity index is 1.80. The molecule has 2 unspecified atom stereocenters. The van der Waals surface area contributed by atoms with E-state index in [1.54, 1.807) is 0 Å². The number of rotatable bonds is 20. The number of benzene rings is 2. The molecule has 0 aliphatic carbocycles. The van der Waals surface area contributed by atoms with Gasteiger partial charge in [-0.3, -0.25) is 0 Å². The summed E-state index contributed by atoms with van der Waals surface area (Å²) in [5.74, 6) is 1.86. The van der Waals surface area contributed by atoms with Gasteiger partial charge in [0, 0.05) is 5.41 Å². The lowest BCUT2D eigenvalue weighted by molar-refractivity contribution is -0.705. The zero-order chi connectivity index (χ0) is 26.9. The van der Waals surface area contributed by atoms with Crippen LogP contribution in [0.25, 0.3) is 0 Å². The summed E-state index contributed by atoms with van der Waals surface area (Å²) < 4.78 is 2.56. The SMILES string of the molecule is CCCCCCCCCC[n+]1cc[nH]c1C(CCCCCCC)C(C)(Cc1ccccc1)c1ccccc1. The van der Waals surface area contributed by atoms with Crippen LogP contribution >= 0.6 is 0 Å². The highest BCUT2D eigenvalue weighted by Gasteiger charge is 2.41. The summed E-state index contributed by atoms with van der Waals surface area (Å²) in [6, 6.07) is 22.5. The first-order valence-electron chi connectivity index (χ1n) is 15.8. The van der Waals surface area contributed by atoms with E-state index in [-0.39, 0.29) is 5.41 Å². The molecule has 2 nitrogen and oxygen atoms in total. The summed E-state index contributed by atoms with van der Waals surface area (Å²) >= 11 is 0. The Morgan fingerprint density at radius 3 is 1.87 bits per heavy atom. The van der Waals surface area contributed by atoms with E-state index in [0.29, 0.717) is 5.92 Å². The third-order valence-electron chi connectivity index (χ3n) is 8.59. The molecule has 0 aliphatic rings. The van der Waals surface area contributed by atoms with E-state index in [1.807, 2.05) is 0 Å². The number of hydrogen-bond donors (Lipinski definition) is 1. The fraction of sp³-hybridized carbons (Fsp3) is 0.583. The standard InChI is InChI=1S/C36H54N2/c1-4-6-8-10-11-12-14-22-29-38-30-28-37-35(38)34(27-21-13-9-7-5-2)36(3,33-25-19-16-20-26-33)31-32-23-17-15-18-24-32/h15-20,23-26,28,30,34H,4-14,21-22,27,29,31H2,1-3H3/p+1. The van der Waals surface area contributed by atoms with Gasteiger partial charge in [-0.2, -0.15) is 0 Å². The van der Waals surface area contributed by atoms with Crippen molar-refractivity contribution in [2.24, 2.45) is 0 Å². The van der Waals surface area contributed by atoms with Crippen molar-refractivity contribution >= 4 is 0 Å². The van der Waals surface area contributed by atoms with Gasteiger partial charge in [0.05, 0.1) is 12.5 Å². The van der Waals surface area contributed by atoms with E-state index in [1.165, 1.54) is 107 Å². The second kappa shape index (κ2) is 17.3. The van der Waals surface area contributed by atoms with Crippen molar-refractivity contribution < 1.29 is 4.57 Å². The molecule has 3 aromatic rings. The second-order valence-electron chi connectivity index (χ2n) is 11.7. The molecule has 2 atom stereocenters. The molecule has 208 valence electrons. The van der Waals surface area contributed by atoms with E-state index >= 15 is 0 Å². The topological polar surface area (TPSA) is 19.7 Å². The minimum absolute atomic E-state index is 0.0131. The molecule has 1 aromatic heterocycles. The molecular weight excluding hydrogens is 460 g/mol. The van der Waals surface area contributed by atoms with Crippen LogP contribution in [0.15, 0.2) is 73.1 Å². The van der Waals surface area contributed by atoms with Gasteiger partial charge >= 0.3 is 0 Å². The Hall–Kier alpha value is -2.35. The summed E-state index contributed by atoms with van der Waals surface area (Å²) in [6.07, 6.45) is 24.3. The summed E-state index contributed by atoms with van der Waals surface area (Å²) in [5.41, 5.74) is 2.89. The molecule has 3 rings (SSSR count). The maximum absolute atomic E-state index is 3.76. The predicted octanol–water partition coefficient (Wildman–Crippen LogP) is 10.1. The number of nitrogens with one attached hydrogen (secondary N) is 1. The highest BCUT2D eigenvalue weighted by molar-refractivity contribution is 5.32. The number of hydrogen-bond acceptors (Lipinski definition) is 0. The number of unbranched alkanes of at least 4 members (excludes halogenated alkanes) is 11. The maximum Gasteiger partial charge on any atom is 0.258 e. The number of aromatic nitrogens is 2. The monoisotopic (exact) mass is 515 g/mol. The summed E-state index contributed by atoms with van der Waals surface area (Å²) in [4.78, 5) is 3.76. The summed E-state index contributed by atoms with van der Waals surface area (Å²) in [6.45, 7) is 8.25. The molecule has 0 amide bonds. The van der Waals surface area contributed by atoms with Gasteiger partial charge < -0.3 is 0 Å². The molecular formula is C36H55N2+. The van der Waals surface area contributed by atoms with Crippen molar-refractivity contribution in [3.05, 3.63) is 90.0 Å². The van der Waals surface area contributed by atoms with Gasteiger partial charge in [0.25, 0.3) is 5.82 Å². The summed E-state index contributed by atoms with van der Waals surface area (Å²) in [7, 11) is 0. The van der Waals surface area contributed by atoms with Gasteiger partial charge in [0.1, 0.15) is 12.4 Å². The molecule has 0 aliphatic heterocycles. The van der Waals surface area contributed by atoms with E-state index in [0.717, 1.165) is 13.0 Å². The van der Waals surface area contributed by atoms with E-state index in [2.05, 4.69) is 103 Å². The van der Waals surface area contributed by atoms with Gasteiger partial charge in [0.15, 0.2) is 0 Å². The van der Waals surface area contributed by atoms with Gasteiger partial charge in [-0.05, 0) is 36.8 Å². The zero-order valence-electron chi connectivity index (χ0n) is 24.8. The Labute approximate surface area is 234 Å². The fourth-order valence-electron chi connectivity index (χ4n) is 6.26. The Morgan fingerprint density at radius 1 is 0.684 bits per heavy atom. The van der Waals surface area contributed by atoms with Crippen molar-refractivity contribution in [1.82, 2.24) is 4.98 Å². The highest BCUT2D eigenvalue weighted by atomic mass is 15.1. The third-order valence-corrected chi connectivity index (χ3v) is 8.59. The maximum atomic E-state index is 3.76. The summed E-state index contributed by atoms with van der Waals surface area (Å²) in [5, 5.41) is 0. The largest absolute Gasteiger partial charge is 0.258 e. The van der Waals surface area contributed by atoms with Crippen LogP contribution in [-0.4, -0.2) is 4.98 Å². The van der Waals surface area contributed by atoms with Crippen LogP contribution in [0, 0.1) is 0 Å². The first-order valence-corrected chi connectivity index (χ1v) is 15.8. The smallest absolute Gasteiger partial charge is 0.247 e. The zero-order valence-corrected chi connectivity index (χ0v) is 24.8. The van der Waals surface area contributed by atoms with Gasteiger partial charge in [-0.25, -0.2) is 9.55 Å². The quantitative estimate of drug-likeness (QED) is 0.114. The fourth-order valence-corrected chi connectivity index (χ4v) is 6.26. The molecule has 2 heteroatoms. The van der Waals surface area contributed by atoms with E-state index in [9.17, 15) is 0 Å². The molecule has 0 spiro atoms. The first-order chi connectivity index (χ1) is 18.7. The molecule has 0 saturated carbocycles. The van der Waals surface area contributed by atoms with Crippen LogP contribution in [0.4, 0.5) is 0 Å². The normalized spacial score (nSPS) is 13.9. The highest BCUT2D eigenvalue weighted by Crippen LogP contribution is 2.43. The average molecular weight is 516 g/mol. The lowest BCUT2D eigenvalue weighted by Gasteiger charge is -2.37. The minimum atomic E-state index is 0.0131. The molecule has 1 heterocycles. The third kappa shape index (κ3) is 9.44. The molecule has 0 saturated heterocycles. The number of nitrogens with zero attached hydrogens (tertiary/aromatic N) is 1. The average Bonchev–Trinajstić information content (AvgIpc) is 3.41. The molecule has 2 aromatic carbocycles. The van der Waals surface area contributed by atoms with Crippen LogP contribution in [-0.2, 0) is 18.4 Å². The Kier molecular flexibility index (Phi) is 13.7. The lowest BCUT2D eigenvalue weighted by atomic mass is 9.66. The van der Waals surface area contributed by atoms with Gasteiger partial charge in [-0.15, -0.1) is 0 Å². The van der Waals surface area contributed by atoms with Gasteiger partial charge in [-0.1, -0.05) is 152 Å². The van der Waals surface area contributed by atoms with Crippen LogP contribution in [0.3, 0.4) is 0 Å². The molecule has 1 N–H and O–H groups in total. The van der Waals surface area contributed by atoms with Crippen molar-refractivity contribution in [2.75, 3.05) is 0 Å². The van der Waals surface area contributed by atoms with E-state index < -0.39 is 0 Å². The number of aryl methyl sites for hydroxylation is 1. The number of imidazole rings is 1. The van der Waals surface area contributed by atoms with Crippen molar-refractivity contribution in [3.63, 3.8) is 0 Å². The van der Waals surface area contributed by atoms with Crippen molar-refractivity contribution in [1.29, 1.82) is 0 Å². The van der Waals surface area contributed by atoms with E-state index in [4.69, 9.17) is 0 Å². The predicted molar refractivity (Wildman–Crippen MR) is 164 cm³/mol. The number of aromatic amines is 1. The lowest BCUT2D eigenvalue weighted by Crippen LogP contribution is -2.43. The molecule has 0 radical (unpaired) electrons. The molecule has 0 bridgehead atoms. The minimum Gasteiger partial charge on any atom is -0.247 e. The Bertz CT molecular complexity index is 977. The first kappa shape index (κ1) is 30.2. The van der Waals surface area contributed by atoms with Crippen LogP contribution in [0.2, 0.25) is 0 Å². The molecule has 0 fully saturated rings. The van der Waals surface area contributed by atoms with Crippen molar-refractivity contribution in [3.8, 4) is 0 Å². The van der Waals surface area contributed by atoms with Crippen molar-refractivity contribution in [2.45, 2.75) is 135 Å². The second-order valence-corrected chi connectivity index (χ2v) is 11.7. The van der Waals surface area contributed by atoms with Crippen LogP contribution in [0.5, 0.6) is 0 Å².